The molecule has 0 fully saturated rings. The maximum absolute atomic E-state index is 6.21. The van der Waals surface area contributed by atoms with Gasteiger partial charge in [-0.1, -0.05) is 0 Å². The van der Waals surface area contributed by atoms with Crippen LogP contribution in [0.2, 0.25) is 0 Å². The van der Waals surface area contributed by atoms with Crippen molar-refractivity contribution in [3.05, 3.63) is 106 Å². The Labute approximate surface area is 168 Å². The van der Waals surface area contributed by atoms with Gasteiger partial charge in [-0.15, -0.1) is 0 Å². The fourth-order valence-electron chi connectivity index (χ4n) is 2.87. The third-order valence-electron chi connectivity index (χ3n) is 4.27. The number of allylic oxidation sites excluding steroid dienone is 1. The number of hydrogen-bond acceptors (Lipinski definition) is 0. The van der Waals surface area contributed by atoms with E-state index in [0.29, 0.717) is 5.88 Å². The molecule has 0 nitrogen and oxygen atoms in total. The monoisotopic (exact) mass is 426 g/mol. The van der Waals surface area contributed by atoms with E-state index in [1.165, 1.54) is 36.8 Å². The van der Waals surface area contributed by atoms with Gasteiger partial charge in [-0.2, -0.15) is 0 Å². The second-order valence-electron chi connectivity index (χ2n) is 6.38. The van der Waals surface area contributed by atoms with Crippen LogP contribution in [0.15, 0.2) is 83.3 Å². The van der Waals surface area contributed by atoms with E-state index in [1.807, 2.05) is 0 Å². The summed E-state index contributed by atoms with van der Waals surface area (Å²) in [7, 11) is 0. The molecule has 0 atom stereocenters. The molecule has 26 heavy (non-hydrogen) atoms. The molecule has 0 radical (unpaired) electrons. The van der Waals surface area contributed by atoms with Gasteiger partial charge in [0.1, 0.15) is 0 Å². The average molecular weight is 426 g/mol. The number of halogens is 1. The van der Waals surface area contributed by atoms with Crippen LogP contribution in [0.1, 0.15) is 28.7 Å². The van der Waals surface area contributed by atoms with Gasteiger partial charge in [-0.25, -0.2) is 0 Å². The van der Waals surface area contributed by atoms with Crippen molar-refractivity contribution in [2.45, 2.75) is 20.3 Å². The van der Waals surface area contributed by atoms with Crippen molar-refractivity contribution in [2.75, 3.05) is 5.88 Å². The molecule has 0 aliphatic rings. The van der Waals surface area contributed by atoms with Crippen LogP contribution >= 0.6 is 11.6 Å². The SMILES string of the molecule is Cc1ccc(C(=C(CCCl)[Se]c2ccccc2)c2ccc(C)cc2)cc1. The summed E-state index contributed by atoms with van der Waals surface area (Å²) < 4.78 is 2.84. The number of hydrogen-bond donors (Lipinski definition) is 0. The van der Waals surface area contributed by atoms with E-state index in [2.05, 4.69) is 92.7 Å². The summed E-state index contributed by atoms with van der Waals surface area (Å²) in [4.78, 5) is 0. The van der Waals surface area contributed by atoms with E-state index in [0.717, 1.165) is 6.42 Å². The third-order valence-corrected chi connectivity index (χ3v) is 6.89. The zero-order valence-corrected chi connectivity index (χ0v) is 17.7. The van der Waals surface area contributed by atoms with Gasteiger partial charge in [-0.3, -0.25) is 0 Å². The molecule has 3 aromatic carbocycles. The predicted octanol–water partition coefficient (Wildman–Crippen LogP) is 5.72. The fraction of sp³-hybridized carbons (Fsp3) is 0.167. The molecule has 0 N–H and O–H groups in total. The van der Waals surface area contributed by atoms with Crippen molar-refractivity contribution in [1.29, 1.82) is 0 Å². The average Bonchev–Trinajstić information content (AvgIpc) is 2.66. The van der Waals surface area contributed by atoms with E-state index in [4.69, 9.17) is 11.6 Å². The van der Waals surface area contributed by atoms with Gasteiger partial charge in [0.15, 0.2) is 0 Å². The van der Waals surface area contributed by atoms with Gasteiger partial charge in [-0.05, 0) is 0 Å². The van der Waals surface area contributed by atoms with Crippen molar-refractivity contribution in [3.8, 4) is 0 Å². The Bertz CT molecular complexity index is 815. The van der Waals surface area contributed by atoms with E-state index < -0.39 is 0 Å². The number of alkyl halides is 1. The van der Waals surface area contributed by atoms with Gasteiger partial charge in [0.25, 0.3) is 0 Å². The number of rotatable bonds is 6. The van der Waals surface area contributed by atoms with Gasteiger partial charge >= 0.3 is 168 Å². The number of benzene rings is 3. The van der Waals surface area contributed by atoms with Crippen molar-refractivity contribution in [1.82, 2.24) is 0 Å². The summed E-state index contributed by atoms with van der Waals surface area (Å²) in [6.07, 6.45) is 0.910. The molecule has 0 aromatic heterocycles. The van der Waals surface area contributed by atoms with Gasteiger partial charge < -0.3 is 0 Å². The number of aryl methyl sites for hydroxylation is 2. The van der Waals surface area contributed by atoms with Crippen molar-refractivity contribution >= 4 is 36.6 Å². The van der Waals surface area contributed by atoms with Crippen LogP contribution in [0.5, 0.6) is 0 Å². The third kappa shape index (κ3) is 4.89. The Kier molecular flexibility index (Phi) is 6.74. The van der Waals surface area contributed by atoms with Gasteiger partial charge in [0, 0.05) is 0 Å². The summed E-state index contributed by atoms with van der Waals surface area (Å²) in [6.45, 7) is 4.26. The second-order valence-corrected chi connectivity index (χ2v) is 9.21. The zero-order chi connectivity index (χ0) is 18.4. The molecule has 0 bridgehead atoms. The van der Waals surface area contributed by atoms with Crippen LogP contribution < -0.4 is 4.46 Å². The minimum atomic E-state index is 0.251. The summed E-state index contributed by atoms with van der Waals surface area (Å²) in [5.74, 6) is 0.644. The Balaban J connectivity index is 2.15. The topological polar surface area (TPSA) is 0 Å². The summed E-state index contributed by atoms with van der Waals surface area (Å²) in [5, 5.41) is 0. The van der Waals surface area contributed by atoms with Crippen molar-refractivity contribution in [3.63, 3.8) is 0 Å². The Hall–Kier alpha value is -1.79. The molecule has 3 aromatic rings. The maximum atomic E-state index is 6.21. The second kappa shape index (κ2) is 9.23. The van der Waals surface area contributed by atoms with Crippen LogP contribution in [-0.4, -0.2) is 20.8 Å². The van der Waals surface area contributed by atoms with Gasteiger partial charge in [0.05, 0.1) is 0 Å². The van der Waals surface area contributed by atoms with Gasteiger partial charge in [0.2, 0.25) is 0 Å². The van der Waals surface area contributed by atoms with E-state index in [-0.39, 0.29) is 15.0 Å². The van der Waals surface area contributed by atoms with E-state index in [9.17, 15) is 0 Å². The standard InChI is InChI=1S/C24H23ClSe/c1-18-8-12-20(13-9-18)24(21-14-10-19(2)11-15-21)23(16-17-25)26-22-6-4-3-5-7-22/h3-15H,16-17H2,1-2H3. The molecule has 0 saturated heterocycles. The molecular formula is C24H23ClSe. The molecular weight excluding hydrogens is 403 g/mol. The molecule has 0 amide bonds. The molecule has 0 heterocycles. The first-order chi connectivity index (χ1) is 12.7. The molecule has 132 valence electrons. The Morgan fingerprint density at radius 2 is 1.23 bits per heavy atom. The predicted molar refractivity (Wildman–Crippen MR) is 116 cm³/mol. The molecule has 0 saturated carbocycles. The molecule has 2 heteroatoms. The van der Waals surface area contributed by atoms with Crippen LogP contribution in [0, 0.1) is 13.8 Å². The Morgan fingerprint density at radius 3 is 1.69 bits per heavy atom. The van der Waals surface area contributed by atoms with Crippen LogP contribution in [0.3, 0.4) is 0 Å². The van der Waals surface area contributed by atoms with Crippen LogP contribution in [-0.2, 0) is 0 Å². The molecule has 0 unspecified atom stereocenters. The van der Waals surface area contributed by atoms with E-state index >= 15 is 0 Å². The normalized spacial score (nSPS) is 10.6. The molecule has 0 spiro atoms. The Morgan fingerprint density at radius 1 is 0.731 bits per heavy atom. The van der Waals surface area contributed by atoms with Crippen molar-refractivity contribution < 1.29 is 0 Å². The summed E-state index contributed by atoms with van der Waals surface area (Å²) >= 11 is 6.46. The summed E-state index contributed by atoms with van der Waals surface area (Å²) in [6, 6.07) is 28.5. The van der Waals surface area contributed by atoms with E-state index in [1.54, 1.807) is 0 Å². The summed E-state index contributed by atoms with van der Waals surface area (Å²) in [5.41, 5.74) is 6.46. The molecule has 0 aliphatic heterocycles. The molecule has 3 rings (SSSR count). The zero-order valence-electron chi connectivity index (χ0n) is 15.2. The van der Waals surface area contributed by atoms with Crippen LogP contribution in [0.25, 0.3) is 5.57 Å². The molecule has 0 aliphatic carbocycles. The minimum absolute atomic E-state index is 0.251. The fourth-order valence-corrected chi connectivity index (χ4v) is 5.66. The quantitative estimate of drug-likeness (QED) is 0.350. The van der Waals surface area contributed by atoms with Crippen LogP contribution in [0.4, 0.5) is 0 Å². The first-order valence-electron chi connectivity index (χ1n) is 8.83. The first-order valence-corrected chi connectivity index (χ1v) is 11.1. The first kappa shape index (κ1) is 19.0. The van der Waals surface area contributed by atoms with Crippen molar-refractivity contribution in [2.24, 2.45) is 0 Å².